The van der Waals surface area contributed by atoms with Crippen molar-refractivity contribution in [1.82, 2.24) is 15.5 Å². The van der Waals surface area contributed by atoms with Gasteiger partial charge in [-0.25, -0.2) is 0 Å². The van der Waals surface area contributed by atoms with Gasteiger partial charge in [0, 0.05) is 11.9 Å². The summed E-state index contributed by atoms with van der Waals surface area (Å²) in [6.07, 6.45) is 2.96. The number of nitrogens with zero attached hydrogens (tertiary/aromatic N) is 2. The molecule has 0 radical (unpaired) electrons. The van der Waals surface area contributed by atoms with Crippen molar-refractivity contribution in [2.75, 3.05) is 11.9 Å². The fraction of sp³-hybridized carbons (Fsp3) is 0.444. The topological polar surface area (TPSA) is 54.9 Å². The number of hydrogen-bond donors (Lipinski definition) is 1. The lowest BCUT2D eigenvalue weighted by molar-refractivity contribution is 0.0949. The summed E-state index contributed by atoms with van der Waals surface area (Å²) < 4.78 is 0. The molecule has 0 saturated heterocycles. The molecule has 0 bridgehead atoms. The van der Waals surface area contributed by atoms with Gasteiger partial charge in [0.1, 0.15) is 0 Å². The molecule has 0 aliphatic heterocycles. The lowest BCUT2D eigenvalue weighted by atomic mass is 10.2. The van der Waals surface area contributed by atoms with Crippen LogP contribution in [-0.4, -0.2) is 28.0 Å². The quantitative estimate of drug-likeness (QED) is 0.826. The van der Waals surface area contributed by atoms with Crippen molar-refractivity contribution in [1.29, 1.82) is 0 Å². The van der Waals surface area contributed by atoms with Crippen LogP contribution in [0.25, 0.3) is 0 Å². The molecule has 1 amide bonds. The third-order valence-corrected chi connectivity index (χ3v) is 2.83. The van der Waals surface area contributed by atoms with Crippen LogP contribution in [0.5, 0.6) is 0 Å². The van der Waals surface area contributed by atoms with Gasteiger partial charge >= 0.3 is 0 Å². The van der Waals surface area contributed by atoms with Crippen molar-refractivity contribution in [3.63, 3.8) is 0 Å². The molecule has 5 heteroatoms. The zero-order chi connectivity index (χ0) is 10.4. The highest BCUT2D eigenvalue weighted by molar-refractivity contribution is 9.09. The molecule has 0 aromatic carbocycles. The minimum Gasteiger partial charge on any atom is -0.352 e. The molecule has 0 fully saturated rings. The van der Waals surface area contributed by atoms with Crippen LogP contribution in [0, 0.1) is 5.92 Å². The Bertz CT molecular complexity index is 291. The molecule has 0 aliphatic carbocycles. The van der Waals surface area contributed by atoms with Gasteiger partial charge in [0.05, 0.1) is 18.0 Å². The van der Waals surface area contributed by atoms with Gasteiger partial charge in [-0.1, -0.05) is 22.9 Å². The van der Waals surface area contributed by atoms with Crippen molar-refractivity contribution in [3.8, 4) is 0 Å². The summed E-state index contributed by atoms with van der Waals surface area (Å²) in [5, 5.41) is 10.9. The highest BCUT2D eigenvalue weighted by Gasteiger charge is 2.06. The fourth-order valence-corrected chi connectivity index (χ4v) is 1.08. The predicted molar refractivity (Wildman–Crippen MR) is 57.3 cm³/mol. The Kier molecular flexibility index (Phi) is 4.52. The summed E-state index contributed by atoms with van der Waals surface area (Å²) in [4.78, 5) is 11.5. The number of aromatic nitrogens is 2. The lowest BCUT2D eigenvalue weighted by Crippen LogP contribution is -2.28. The summed E-state index contributed by atoms with van der Waals surface area (Å²) in [5.74, 6) is 0.321. The molecule has 1 aromatic heterocycles. The maximum Gasteiger partial charge on any atom is 0.252 e. The van der Waals surface area contributed by atoms with Crippen molar-refractivity contribution < 1.29 is 4.79 Å². The highest BCUT2D eigenvalue weighted by atomic mass is 79.9. The van der Waals surface area contributed by atoms with Gasteiger partial charge in [-0.05, 0) is 12.0 Å². The Hall–Kier alpha value is -0.970. The normalized spacial score (nSPS) is 12.1. The van der Waals surface area contributed by atoms with Gasteiger partial charge in [-0.2, -0.15) is 10.2 Å². The van der Waals surface area contributed by atoms with E-state index in [0.717, 1.165) is 5.33 Å². The van der Waals surface area contributed by atoms with Crippen molar-refractivity contribution in [2.24, 2.45) is 5.92 Å². The van der Waals surface area contributed by atoms with E-state index < -0.39 is 0 Å². The molecule has 76 valence electrons. The first-order chi connectivity index (χ1) is 6.74. The highest BCUT2D eigenvalue weighted by Crippen LogP contribution is 1.99. The molecular weight excluding hydrogens is 246 g/mol. The molecule has 1 N–H and O–H groups in total. The first-order valence-electron chi connectivity index (χ1n) is 4.35. The van der Waals surface area contributed by atoms with E-state index in [1.807, 2.05) is 0 Å². The summed E-state index contributed by atoms with van der Waals surface area (Å²) in [7, 11) is 0. The number of carbonyl (C=O) groups excluding carboxylic acids is 1. The summed E-state index contributed by atoms with van der Waals surface area (Å²) in [5.41, 5.74) is 0.543. The predicted octanol–water partition coefficient (Wildman–Crippen LogP) is 1.24. The van der Waals surface area contributed by atoms with Crippen molar-refractivity contribution in [3.05, 3.63) is 24.0 Å². The Balaban J connectivity index is 2.44. The third-order valence-electron chi connectivity index (χ3n) is 1.72. The molecular formula is C9H12BrN3O. The average Bonchev–Trinajstić information content (AvgIpc) is 2.26. The number of carbonyl (C=O) groups is 1. The molecule has 1 aromatic rings. The van der Waals surface area contributed by atoms with E-state index in [-0.39, 0.29) is 5.91 Å². The molecule has 1 unspecified atom stereocenters. The molecule has 0 saturated carbocycles. The van der Waals surface area contributed by atoms with Crippen molar-refractivity contribution in [2.45, 2.75) is 6.92 Å². The monoisotopic (exact) mass is 257 g/mol. The largest absolute Gasteiger partial charge is 0.352 e. The number of hydrogen-bond acceptors (Lipinski definition) is 3. The van der Waals surface area contributed by atoms with Crippen LogP contribution in [-0.2, 0) is 0 Å². The molecule has 1 heterocycles. The van der Waals surface area contributed by atoms with E-state index in [4.69, 9.17) is 0 Å². The van der Waals surface area contributed by atoms with Crippen LogP contribution in [0.2, 0.25) is 0 Å². The molecule has 1 rings (SSSR count). The molecule has 1 atom stereocenters. The van der Waals surface area contributed by atoms with Crippen molar-refractivity contribution >= 4 is 21.8 Å². The minimum atomic E-state index is -0.104. The Morgan fingerprint density at radius 3 is 3.00 bits per heavy atom. The summed E-state index contributed by atoms with van der Waals surface area (Å²) in [6, 6.07) is 1.64. The maximum atomic E-state index is 11.5. The van der Waals surface area contributed by atoms with Crippen LogP contribution in [0.4, 0.5) is 0 Å². The second-order valence-corrected chi connectivity index (χ2v) is 3.75. The van der Waals surface area contributed by atoms with E-state index in [0.29, 0.717) is 18.0 Å². The second-order valence-electron chi connectivity index (χ2n) is 3.10. The summed E-state index contributed by atoms with van der Waals surface area (Å²) in [6.45, 7) is 2.71. The first-order valence-corrected chi connectivity index (χ1v) is 5.47. The van der Waals surface area contributed by atoms with Gasteiger partial charge in [0.2, 0.25) is 0 Å². The van der Waals surface area contributed by atoms with Crippen LogP contribution in [0.3, 0.4) is 0 Å². The standard InChI is InChI=1S/C9H12BrN3O/c1-7(4-10)5-11-9(14)8-2-3-12-13-6-8/h2-3,6-7H,4-5H2,1H3,(H,11,14). The number of nitrogens with one attached hydrogen (secondary N) is 1. The lowest BCUT2D eigenvalue weighted by Gasteiger charge is -2.08. The molecule has 4 nitrogen and oxygen atoms in total. The molecule has 14 heavy (non-hydrogen) atoms. The number of rotatable bonds is 4. The number of alkyl halides is 1. The molecule has 0 aliphatic rings. The van der Waals surface area contributed by atoms with Gasteiger partial charge < -0.3 is 5.32 Å². The fourth-order valence-electron chi connectivity index (χ4n) is 0.849. The smallest absolute Gasteiger partial charge is 0.252 e. The second kappa shape index (κ2) is 5.70. The summed E-state index contributed by atoms with van der Waals surface area (Å²) >= 11 is 3.35. The Morgan fingerprint density at radius 2 is 2.43 bits per heavy atom. The van der Waals surface area contributed by atoms with Gasteiger partial charge in [-0.3, -0.25) is 4.79 Å². The Labute approximate surface area is 91.2 Å². The van der Waals surface area contributed by atoms with E-state index >= 15 is 0 Å². The SMILES string of the molecule is CC(CBr)CNC(=O)c1ccnnc1. The van der Waals surface area contributed by atoms with Crippen LogP contribution < -0.4 is 5.32 Å². The van der Waals surface area contributed by atoms with Crippen LogP contribution in [0.15, 0.2) is 18.5 Å². The number of halogens is 1. The maximum absolute atomic E-state index is 11.5. The third kappa shape index (κ3) is 3.41. The van der Waals surface area contributed by atoms with E-state index in [2.05, 4.69) is 38.4 Å². The van der Waals surface area contributed by atoms with Gasteiger partial charge in [-0.15, -0.1) is 0 Å². The van der Waals surface area contributed by atoms with Crippen LogP contribution >= 0.6 is 15.9 Å². The minimum absolute atomic E-state index is 0.104. The van der Waals surface area contributed by atoms with Gasteiger partial charge in [0.25, 0.3) is 5.91 Å². The average molecular weight is 258 g/mol. The number of amides is 1. The van der Waals surface area contributed by atoms with E-state index in [1.165, 1.54) is 12.4 Å². The van der Waals surface area contributed by atoms with Gasteiger partial charge in [0.15, 0.2) is 0 Å². The first kappa shape index (κ1) is 11.1. The van der Waals surface area contributed by atoms with Crippen LogP contribution in [0.1, 0.15) is 17.3 Å². The zero-order valence-corrected chi connectivity index (χ0v) is 9.49. The molecule has 0 spiro atoms. The van der Waals surface area contributed by atoms with E-state index in [9.17, 15) is 4.79 Å². The van der Waals surface area contributed by atoms with E-state index in [1.54, 1.807) is 6.07 Å². The Morgan fingerprint density at radius 1 is 1.64 bits per heavy atom. The zero-order valence-electron chi connectivity index (χ0n) is 7.90.